The Balaban J connectivity index is 2.07. The van der Waals surface area contributed by atoms with E-state index >= 15 is 0 Å². The largest absolute Gasteiger partial charge is 0.349 e. The molecule has 1 heterocycles. The van der Waals surface area contributed by atoms with Crippen molar-refractivity contribution in [1.82, 2.24) is 14.5 Å². The van der Waals surface area contributed by atoms with Crippen LogP contribution < -0.4 is 5.32 Å². The lowest BCUT2D eigenvalue weighted by atomic mass is 10.1. The molecule has 0 saturated carbocycles. The molecule has 0 radical (unpaired) electrons. The zero-order valence-electron chi connectivity index (χ0n) is 15.7. The summed E-state index contributed by atoms with van der Waals surface area (Å²) in [5.41, 5.74) is 0.429. The number of hydrogen-bond acceptors (Lipinski definition) is 4. The van der Waals surface area contributed by atoms with Crippen molar-refractivity contribution >= 4 is 21.8 Å². The Hall–Kier alpha value is -1.93. The second-order valence-corrected chi connectivity index (χ2v) is 8.88. The van der Waals surface area contributed by atoms with Gasteiger partial charge in [-0.25, -0.2) is 8.42 Å². The zero-order valence-corrected chi connectivity index (χ0v) is 16.5. The van der Waals surface area contributed by atoms with Gasteiger partial charge in [-0.3, -0.25) is 9.59 Å². The number of nitrogens with zero attached hydrogens (tertiary/aromatic N) is 2. The van der Waals surface area contributed by atoms with E-state index < -0.39 is 10.0 Å². The first-order valence-electron chi connectivity index (χ1n) is 8.79. The molecule has 0 spiro atoms. The first-order chi connectivity index (χ1) is 12.1. The van der Waals surface area contributed by atoms with Gasteiger partial charge in [0.05, 0.1) is 4.90 Å². The van der Waals surface area contributed by atoms with E-state index in [1.807, 2.05) is 20.8 Å². The van der Waals surface area contributed by atoms with Crippen molar-refractivity contribution in [3.63, 3.8) is 0 Å². The highest BCUT2D eigenvalue weighted by Gasteiger charge is 2.29. The van der Waals surface area contributed by atoms with Crippen LogP contribution in [-0.2, 0) is 14.8 Å². The van der Waals surface area contributed by atoms with Crippen LogP contribution in [0, 0.1) is 5.92 Å². The molecule has 7 nitrogen and oxygen atoms in total. The molecule has 1 aliphatic rings. The number of carbonyl (C=O) groups excluding carboxylic acids is 2. The second-order valence-electron chi connectivity index (χ2n) is 6.94. The summed E-state index contributed by atoms with van der Waals surface area (Å²) in [6.45, 7) is 8.78. The Bertz CT molecular complexity index is 751. The molecular weight excluding hydrogens is 354 g/mol. The van der Waals surface area contributed by atoms with Gasteiger partial charge in [0.25, 0.3) is 5.91 Å². The van der Waals surface area contributed by atoms with E-state index in [1.54, 1.807) is 4.90 Å². The fraction of sp³-hybridized carbons (Fsp3) is 0.556. The van der Waals surface area contributed by atoms with E-state index in [9.17, 15) is 18.0 Å². The second kappa shape index (κ2) is 8.18. The van der Waals surface area contributed by atoms with Gasteiger partial charge in [-0.2, -0.15) is 4.31 Å². The van der Waals surface area contributed by atoms with Crippen molar-refractivity contribution in [2.24, 2.45) is 5.92 Å². The molecule has 1 aliphatic heterocycles. The lowest BCUT2D eigenvalue weighted by Crippen LogP contribution is -2.49. The minimum Gasteiger partial charge on any atom is -0.349 e. The molecule has 0 aromatic heterocycles. The number of piperazine rings is 1. The van der Waals surface area contributed by atoms with Gasteiger partial charge in [0, 0.05) is 44.7 Å². The number of carbonyl (C=O) groups is 2. The van der Waals surface area contributed by atoms with Crippen LogP contribution in [-0.4, -0.2) is 61.7 Å². The van der Waals surface area contributed by atoms with Gasteiger partial charge in [-0.1, -0.05) is 13.8 Å². The van der Waals surface area contributed by atoms with Gasteiger partial charge in [0.2, 0.25) is 15.9 Å². The van der Waals surface area contributed by atoms with Crippen LogP contribution in [0.1, 0.15) is 38.1 Å². The fourth-order valence-electron chi connectivity index (χ4n) is 2.63. The Kier molecular flexibility index (Phi) is 6.41. The summed E-state index contributed by atoms with van der Waals surface area (Å²) in [6.07, 6.45) is 0. The van der Waals surface area contributed by atoms with Crippen molar-refractivity contribution in [2.75, 3.05) is 26.2 Å². The molecule has 1 unspecified atom stereocenters. The third-order valence-corrected chi connectivity index (χ3v) is 6.71. The van der Waals surface area contributed by atoms with Crippen LogP contribution in [0.3, 0.4) is 0 Å². The molecule has 1 fully saturated rings. The minimum absolute atomic E-state index is 0.0310. The topological polar surface area (TPSA) is 86.8 Å². The fourth-order valence-corrected chi connectivity index (χ4v) is 4.05. The molecule has 1 aromatic rings. The maximum Gasteiger partial charge on any atom is 0.251 e. The highest BCUT2D eigenvalue weighted by Crippen LogP contribution is 2.18. The van der Waals surface area contributed by atoms with Crippen LogP contribution >= 0.6 is 0 Å². The van der Waals surface area contributed by atoms with Crippen molar-refractivity contribution in [2.45, 2.75) is 38.6 Å². The Morgan fingerprint density at radius 1 is 1.00 bits per heavy atom. The van der Waals surface area contributed by atoms with E-state index in [2.05, 4.69) is 5.32 Å². The molecule has 0 aliphatic carbocycles. The summed E-state index contributed by atoms with van der Waals surface area (Å²) >= 11 is 0. The molecule has 1 N–H and O–H groups in total. The molecule has 1 atom stereocenters. The number of sulfonamides is 1. The lowest BCUT2D eigenvalue weighted by Gasteiger charge is -2.33. The van der Waals surface area contributed by atoms with E-state index in [-0.39, 0.29) is 35.8 Å². The summed E-state index contributed by atoms with van der Waals surface area (Å²) in [6, 6.07) is 6.01. The maximum absolute atomic E-state index is 12.7. The first kappa shape index (κ1) is 20.4. The molecule has 8 heteroatoms. The van der Waals surface area contributed by atoms with Gasteiger partial charge in [-0.05, 0) is 37.1 Å². The van der Waals surface area contributed by atoms with Gasteiger partial charge in [-0.15, -0.1) is 0 Å². The summed E-state index contributed by atoms with van der Waals surface area (Å²) in [5, 5.41) is 2.90. The van der Waals surface area contributed by atoms with Crippen LogP contribution in [0.2, 0.25) is 0 Å². The third kappa shape index (κ3) is 4.62. The van der Waals surface area contributed by atoms with E-state index in [1.165, 1.54) is 35.5 Å². The molecule has 144 valence electrons. The summed E-state index contributed by atoms with van der Waals surface area (Å²) in [7, 11) is -3.63. The highest BCUT2D eigenvalue weighted by atomic mass is 32.2. The Morgan fingerprint density at radius 2 is 1.54 bits per heavy atom. The quantitative estimate of drug-likeness (QED) is 0.833. The van der Waals surface area contributed by atoms with Gasteiger partial charge < -0.3 is 10.2 Å². The van der Waals surface area contributed by atoms with Gasteiger partial charge in [0.15, 0.2) is 0 Å². The van der Waals surface area contributed by atoms with Crippen molar-refractivity contribution < 1.29 is 18.0 Å². The van der Waals surface area contributed by atoms with Gasteiger partial charge in [0.1, 0.15) is 0 Å². The van der Waals surface area contributed by atoms with E-state index in [4.69, 9.17) is 0 Å². The predicted molar refractivity (Wildman–Crippen MR) is 99.2 cm³/mol. The maximum atomic E-state index is 12.7. The zero-order chi connectivity index (χ0) is 19.5. The SMILES string of the molecule is CC(=O)N1CCN(S(=O)(=O)c2ccc(C(=O)NC(C)C(C)C)cc2)CC1. The molecular formula is C18H27N3O4S. The summed E-state index contributed by atoms with van der Waals surface area (Å²) in [4.78, 5) is 25.4. The van der Waals surface area contributed by atoms with Gasteiger partial charge >= 0.3 is 0 Å². The molecule has 1 saturated heterocycles. The Morgan fingerprint density at radius 3 is 2.00 bits per heavy atom. The standard InChI is InChI=1S/C18H27N3O4S/c1-13(2)14(3)19-18(23)16-5-7-17(8-6-16)26(24,25)21-11-9-20(10-12-21)15(4)22/h5-8,13-14H,9-12H2,1-4H3,(H,19,23). The van der Waals surface area contributed by atoms with Crippen molar-refractivity contribution in [1.29, 1.82) is 0 Å². The number of benzene rings is 1. The summed E-state index contributed by atoms with van der Waals surface area (Å²) < 4.78 is 26.8. The smallest absolute Gasteiger partial charge is 0.251 e. The number of hydrogen-bond donors (Lipinski definition) is 1. The summed E-state index contributed by atoms with van der Waals surface area (Å²) in [5.74, 6) is 0.0468. The van der Waals surface area contributed by atoms with Crippen LogP contribution in [0.4, 0.5) is 0 Å². The molecule has 1 aromatic carbocycles. The average Bonchev–Trinajstić information content (AvgIpc) is 2.61. The minimum atomic E-state index is -3.63. The molecule has 2 rings (SSSR count). The molecule has 0 bridgehead atoms. The molecule has 2 amide bonds. The van der Waals surface area contributed by atoms with E-state index in [0.29, 0.717) is 24.6 Å². The highest BCUT2D eigenvalue weighted by molar-refractivity contribution is 7.89. The Labute approximate surface area is 155 Å². The lowest BCUT2D eigenvalue weighted by molar-refractivity contribution is -0.129. The average molecular weight is 381 g/mol. The predicted octanol–water partition coefficient (Wildman–Crippen LogP) is 1.31. The first-order valence-corrected chi connectivity index (χ1v) is 10.2. The number of rotatable bonds is 5. The third-order valence-electron chi connectivity index (χ3n) is 4.80. The van der Waals surface area contributed by atoms with Crippen LogP contribution in [0.15, 0.2) is 29.2 Å². The van der Waals surface area contributed by atoms with E-state index in [0.717, 1.165) is 0 Å². The number of nitrogens with one attached hydrogen (secondary N) is 1. The van der Waals surface area contributed by atoms with Crippen LogP contribution in [0.5, 0.6) is 0 Å². The monoisotopic (exact) mass is 381 g/mol. The molecule has 26 heavy (non-hydrogen) atoms. The van der Waals surface area contributed by atoms with Crippen LogP contribution in [0.25, 0.3) is 0 Å². The normalized spacial score (nSPS) is 17.2. The van der Waals surface area contributed by atoms with Crippen molar-refractivity contribution in [3.8, 4) is 0 Å². The number of amides is 2. The van der Waals surface area contributed by atoms with Crippen molar-refractivity contribution in [3.05, 3.63) is 29.8 Å².